The predicted molar refractivity (Wildman–Crippen MR) is 50.7 cm³/mol. The van der Waals surface area contributed by atoms with Gasteiger partial charge in [-0.1, -0.05) is 0 Å². The largest absolute Gasteiger partial charge is 0.348 e. The van der Waals surface area contributed by atoms with Gasteiger partial charge in [0.05, 0.1) is 13.2 Å². The fraction of sp³-hybridized carbons (Fsp3) is 0.900. The third-order valence-electron chi connectivity index (χ3n) is 3.14. The summed E-state index contributed by atoms with van der Waals surface area (Å²) >= 11 is 0. The van der Waals surface area contributed by atoms with E-state index < -0.39 is 5.79 Å². The van der Waals surface area contributed by atoms with E-state index in [1.807, 2.05) is 18.9 Å². The molecule has 2 rings (SSSR count). The van der Waals surface area contributed by atoms with Crippen molar-refractivity contribution in [2.24, 2.45) is 0 Å². The smallest absolute Gasteiger partial charge is 0.222 e. The summed E-state index contributed by atoms with van der Waals surface area (Å²) in [6.45, 7) is 3.29. The molecule has 0 N–H and O–H groups in total. The molecular weight excluding hydrogens is 184 g/mol. The van der Waals surface area contributed by atoms with Crippen LogP contribution >= 0.6 is 0 Å². The standard InChI is InChI=1S/C10H17NO3/c1-10(13-5-6-14-10)7-8-3-4-9(12)11(8)2/h8H,3-7H2,1-2H3/i1+1,10+1. The quantitative estimate of drug-likeness (QED) is 0.619. The second kappa shape index (κ2) is 3.51. The van der Waals surface area contributed by atoms with Crippen molar-refractivity contribution in [2.45, 2.75) is 38.0 Å². The molecule has 1 atom stereocenters. The number of nitrogens with zero attached hydrogens (tertiary/aromatic N) is 1. The van der Waals surface area contributed by atoms with Crippen molar-refractivity contribution in [3.8, 4) is 0 Å². The van der Waals surface area contributed by atoms with Gasteiger partial charge in [0, 0.05) is 25.9 Å². The third-order valence-corrected chi connectivity index (χ3v) is 3.14. The van der Waals surface area contributed by atoms with Crippen LogP contribution in [0.3, 0.4) is 0 Å². The molecule has 2 saturated heterocycles. The van der Waals surface area contributed by atoms with Crippen molar-refractivity contribution in [1.29, 1.82) is 0 Å². The van der Waals surface area contributed by atoms with Gasteiger partial charge in [0.1, 0.15) is 0 Å². The summed E-state index contributed by atoms with van der Waals surface area (Å²) in [5, 5.41) is 0. The summed E-state index contributed by atoms with van der Waals surface area (Å²) in [6.07, 6.45) is 2.38. The zero-order valence-electron chi connectivity index (χ0n) is 8.78. The number of ether oxygens (including phenoxy) is 2. The lowest BCUT2D eigenvalue weighted by atomic mass is 10.2. The van der Waals surface area contributed by atoms with Crippen LogP contribution in [0.1, 0.15) is 26.2 Å². The highest BCUT2D eigenvalue weighted by molar-refractivity contribution is 5.78. The monoisotopic (exact) mass is 201 g/mol. The van der Waals surface area contributed by atoms with Gasteiger partial charge in [-0.05, 0) is 13.3 Å². The highest BCUT2D eigenvalue weighted by Gasteiger charge is 2.38. The van der Waals surface area contributed by atoms with E-state index in [2.05, 4.69) is 0 Å². The van der Waals surface area contributed by atoms with Gasteiger partial charge in [-0.25, -0.2) is 0 Å². The first-order valence-corrected chi connectivity index (χ1v) is 5.14. The molecular formula is C10H17NO3. The van der Waals surface area contributed by atoms with Gasteiger partial charge >= 0.3 is 0 Å². The van der Waals surface area contributed by atoms with E-state index in [9.17, 15) is 4.79 Å². The Labute approximate surface area is 84.2 Å². The Hall–Kier alpha value is -0.610. The first-order valence-electron chi connectivity index (χ1n) is 5.14. The molecule has 80 valence electrons. The zero-order chi connectivity index (χ0) is 10.2. The number of carbonyl (C=O) groups is 1. The molecule has 1 unspecified atom stereocenters. The molecule has 0 aromatic heterocycles. The number of hydrogen-bond acceptors (Lipinski definition) is 3. The maximum Gasteiger partial charge on any atom is 0.222 e. The Bertz CT molecular complexity index is 236. The van der Waals surface area contributed by atoms with Crippen molar-refractivity contribution in [3.05, 3.63) is 0 Å². The van der Waals surface area contributed by atoms with Crippen LogP contribution in [0.25, 0.3) is 0 Å². The van der Waals surface area contributed by atoms with Crippen LogP contribution in [-0.2, 0) is 14.3 Å². The van der Waals surface area contributed by atoms with Crippen LogP contribution in [0.2, 0.25) is 0 Å². The summed E-state index contributed by atoms with van der Waals surface area (Å²) in [5.41, 5.74) is 0. The summed E-state index contributed by atoms with van der Waals surface area (Å²) < 4.78 is 11.1. The molecule has 0 saturated carbocycles. The SMILES string of the molecule is CN1C(=O)CCC1C[13C]1([13CH3])OCCO1. The molecule has 0 radical (unpaired) electrons. The van der Waals surface area contributed by atoms with Gasteiger partial charge in [-0.3, -0.25) is 4.79 Å². The molecule has 0 spiro atoms. The molecule has 4 heteroatoms. The molecule has 14 heavy (non-hydrogen) atoms. The van der Waals surface area contributed by atoms with E-state index in [0.29, 0.717) is 19.6 Å². The van der Waals surface area contributed by atoms with Gasteiger partial charge in [0.15, 0.2) is 5.79 Å². The van der Waals surface area contributed by atoms with Gasteiger partial charge in [0.25, 0.3) is 0 Å². The Balaban J connectivity index is 1.94. The average molecular weight is 201 g/mol. The molecule has 0 aromatic carbocycles. The van der Waals surface area contributed by atoms with E-state index in [-0.39, 0.29) is 11.9 Å². The Morgan fingerprint density at radius 1 is 1.50 bits per heavy atom. The maximum atomic E-state index is 11.3. The van der Waals surface area contributed by atoms with Crippen molar-refractivity contribution in [1.82, 2.24) is 4.90 Å². The van der Waals surface area contributed by atoms with Gasteiger partial charge in [0.2, 0.25) is 5.91 Å². The minimum Gasteiger partial charge on any atom is -0.348 e. The van der Waals surface area contributed by atoms with Crippen LogP contribution in [0.5, 0.6) is 0 Å². The van der Waals surface area contributed by atoms with E-state index in [1.54, 1.807) is 0 Å². The van der Waals surface area contributed by atoms with Crippen molar-refractivity contribution < 1.29 is 14.3 Å². The molecule has 2 heterocycles. The second-order valence-corrected chi connectivity index (χ2v) is 4.23. The lowest BCUT2D eigenvalue weighted by Crippen LogP contribution is -2.37. The molecule has 4 nitrogen and oxygen atoms in total. The molecule has 2 aliphatic heterocycles. The topological polar surface area (TPSA) is 38.8 Å². The summed E-state index contributed by atoms with van der Waals surface area (Å²) in [5.74, 6) is -0.236. The van der Waals surface area contributed by atoms with Gasteiger partial charge < -0.3 is 14.4 Å². The van der Waals surface area contributed by atoms with Crippen LogP contribution < -0.4 is 0 Å². The van der Waals surface area contributed by atoms with Crippen LogP contribution in [0, 0.1) is 0 Å². The summed E-state index contributed by atoms with van der Waals surface area (Å²) in [7, 11) is 1.86. The fourth-order valence-electron chi connectivity index (χ4n) is 2.21. The molecule has 0 bridgehead atoms. The zero-order valence-corrected chi connectivity index (χ0v) is 8.78. The van der Waals surface area contributed by atoms with E-state index >= 15 is 0 Å². The molecule has 0 aliphatic carbocycles. The molecule has 2 fully saturated rings. The number of hydrogen-bond donors (Lipinski definition) is 0. The predicted octanol–water partition coefficient (Wildman–Crippen LogP) is 0.760. The van der Waals surface area contributed by atoms with Gasteiger partial charge in [-0.15, -0.1) is 0 Å². The second-order valence-electron chi connectivity index (χ2n) is 4.23. The van der Waals surface area contributed by atoms with E-state index in [4.69, 9.17) is 9.47 Å². The maximum absolute atomic E-state index is 11.3. The van der Waals surface area contributed by atoms with Crippen LogP contribution in [0.15, 0.2) is 0 Å². The number of amides is 1. The van der Waals surface area contributed by atoms with Gasteiger partial charge in [-0.2, -0.15) is 0 Å². The van der Waals surface area contributed by atoms with Crippen LogP contribution in [0.4, 0.5) is 0 Å². The Morgan fingerprint density at radius 3 is 2.64 bits per heavy atom. The lowest BCUT2D eigenvalue weighted by Gasteiger charge is -2.29. The number of carbonyl (C=O) groups excluding carboxylic acids is 1. The van der Waals surface area contributed by atoms with Crippen LogP contribution in [-0.4, -0.2) is 42.9 Å². The normalized spacial score (nSPS) is 31.4. The number of rotatable bonds is 2. The lowest BCUT2D eigenvalue weighted by molar-refractivity contribution is -0.156. The Morgan fingerprint density at radius 2 is 2.14 bits per heavy atom. The molecule has 0 aromatic rings. The summed E-state index contributed by atoms with van der Waals surface area (Å²) in [6, 6.07) is 0.283. The first kappa shape index (κ1) is 9.93. The Kier molecular flexibility index (Phi) is 2.49. The van der Waals surface area contributed by atoms with Crippen molar-refractivity contribution >= 4 is 5.91 Å². The minimum atomic E-state index is -0.469. The highest BCUT2D eigenvalue weighted by Crippen LogP contribution is 2.30. The highest BCUT2D eigenvalue weighted by atomic mass is 16.9. The minimum absolute atomic E-state index is 0.233. The average Bonchev–Trinajstić information content (AvgIpc) is 2.68. The van der Waals surface area contributed by atoms with Crippen molar-refractivity contribution in [3.63, 3.8) is 0 Å². The third kappa shape index (κ3) is 1.77. The van der Waals surface area contributed by atoms with Crippen molar-refractivity contribution in [2.75, 3.05) is 20.3 Å². The fourth-order valence-corrected chi connectivity index (χ4v) is 2.21. The molecule has 2 aliphatic rings. The number of likely N-dealkylation sites (tertiary alicyclic amines) is 1. The summed E-state index contributed by atoms with van der Waals surface area (Å²) in [4.78, 5) is 13.1. The van der Waals surface area contributed by atoms with E-state index in [1.165, 1.54) is 0 Å². The van der Waals surface area contributed by atoms with E-state index in [0.717, 1.165) is 12.8 Å². The molecule has 1 amide bonds. The first-order chi connectivity index (χ1) is 6.61.